The number of rotatable bonds is 7. The first-order valence-electron chi connectivity index (χ1n) is 9.52. The van der Waals surface area contributed by atoms with E-state index in [9.17, 15) is 9.90 Å². The van der Waals surface area contributed by atoms with Gasteiger partial charge in [0, 0.05) is 44.7 Å². The second-order valence-corrected chi connectivity index (χ2v) is 7.70. The molecular weight excluding hydrogens is 314 g/mol. The largest absolute Gasteiger partial charge is 0.392 e. The van der Waals surface area contributed by atoms with Crippen molar-refractivity contribution in [2.24, 2.45) is 0 Å². The van der Waals surface area contributed by atoms with Crippen LogP contribution in [0.25, 0.3) is 0 Å². The van der Waals surface area contributed by atoms with Gasteiger partial charge < -0.3 is 10.4 Å². The Kier molecular flexibility index (Phi) is 6.10. The van der Waals surface area contributed by atoms with E-state index in [1.54, 1.807) is 0 Å². The predicted octanol–water partition coefficient (Wildman–Crippen LogP) is 1.22. The normalized spacial score (nSPS) is 22.2. The number of aliphatic hydroxyl groups is 1. The molecule has 25 heavy (non-hydrogen) atoms. The third kappa shape index (κ3) is 4.81. The van der Waals surface area contributed by atoms with Gasteiger partial charge >= 0.3 is 0 Å². The molecule has 5 nitrogen and oxygen atoms in total. The Hall–Kier alpha value is -1.43. The number of hydrogen-bond donors (Lipinski definition) is 2. The van der Waals surface area contributed by atoms with Gasteiger partial charge in [0.2, 0.25) is 5.91 Å². The molecule has 3 rings (SSSR count). The number of hydrogen-bond acceptors (Lipinski definition) is 4. The molecule has 1 amide bonds. The van der Waals surface area contributed by atoms with Crippen molar-refractivity contribution < 1.29 is 9.90 Å². The highest BCUT2D eigenvalue weighted by Gasteiger charge is 2.38. The molecule has 1 aromatic rings. The van der Waals surface area contributed by atoms with E-state index >= 15 is 0 Å². The Morgan fingerprint density at radius 3 is 2.36 bits per heavy atom. The molecular formula is C20H31N3O2. The van der Waals surface area contributed by atoms with Gasteiger partial charge in [0.05, 0.1) is 12.6 Å². The molecule has 5 heteroatoms. The molecule has 1 saturated carbocycles. The summed E-state index contributed by atoms with van der Waals surface area (Å²) in [7, 11) is 0. The van der Waals surface area contributed by atoms with Crippen LogP contribution in [0.5, 0.6) is 0 Å². The minimum absolute atomic E-state index is 0.131. The van der Waals surface area contributed by atoms with Crippen molar-refractivity contribution >= 4 is 5.91 Å². The number of piperazine rings is 1. The minimum atomic E-state index is -0.286. The molecule has 0 bridgehead atoms. The monoisotopic (exact) mass is 345 g/mol. The van der Waals surface area contributed by atoms with E-state index in [1.807, 2.05) is 13.0 Å². The van der Waals surface area contributed by atoms with Crippen molar-refractivity contribution in [3.8, 4) is 0 Å². The van der Waals surface area contributed by atoms with Crippen LogP contribution in [0, 0.1) is 0 Å². The number of aliphatic hydroxyl groups excluding tert-OH is 1. The highest BCUT2D eigenvalue weighted by Crippen LogP contribution is 2.43. The average Bonchev–Trinajstić information content (AvgIpc) is 2.56. The Bertz CT molecular complexity index is 549. The van der Waals surface area contributed by atoms with E-state index in [0.29, 0.717) is 6.54 Å². The van der Waals surface area contributed by atoms with Gasteiger partial charge in [-0.15, -0.1) is 0 Å². The molecule has 1 aliphatic carbocycles. The lowest BCUT2D eigenvalue weighted by Gasteiger charge is -2.43. The Morgan fingerprint density at radius 2 is 1.80 bits per heavy atom. The standard InChI is InChI=1S/C20H31N3O2/c1-17(24)14-22-10-12-23(13-11-22)15-19(25)21-16-20(8-5-9-20)18-6-3-2-4-7-18/h2-4,6-7,17,24H,5,8-16H2,1H3,(H,21,25)/t17-/m0/s1. The maximum absolute atomic E-state index is 12.4. The smallest absolute Gasteiger partial charge is 0.234 e. The molecule has 2 N–H and O–H groups in total. The lowest BCUT2D eigenvalue weighted by molar-refractivity contribution is -0.123. The van der Waals surface area contributed by atoms with Crippen LogP contribution in [0.2, 0.25) is 0 Å². The van der Waals surface area contributed by atoms with Crippen LogP contribution in [0.4, 0.5) is 0 Å². The maximum atomic E-state index is 12.4. The highest BCUT2D eigenvalue weighted by molar-refractivity contribution is 5.78. The first-order valence-corrected chi connectivity index (χ1v) is 9.52. The van der Waals surface area contributed by atoms with E-state index < -0.39 is 0 Å². The van der Waals surface area contributed by atoms with Crippen LogP contribution in [0.1, 0.15) is 31.7 Å². The summed E-state index contributed by atoms with van der Waals surface area (Å²) in [6, 6.07) is 10.6. The number of nitrogens with one attached hydrogen (secondary N) is 1. The second-order valence-electron chi connectivity index (χ2n) is 7.70. The molecule has 1 heterocycles. The summed E-state index contributed by atoms with van der Waals surface area (Å²) in [4.78, 5) is 16.9. The van der Waals surface area contributed by atoms with Crippen LogP contribution in [0.3, 0.4) is 0 Å². The van der Waals surface area contributed by atoms with Gasteiger partial charge in [-0.05, 0) is 25.3 Å². The molecule has 2 aliphatic rings. The fourth-order valence-electron chi connectivity index (χ4n) is 3.99. The van der Waals surface area contributed by atoms with E-state index in [4.69, 9.17) is 0 Å². The zero-order valence-electron chi connectivity index (χ0n) is 15.3. The summed E-state index contributed by atoms with van der Waals surface area (Å²) in [5.41, 5.74) is 1.50. The van der Waals surface area contributed by atoms with Crippen molar-refractivity contribution in [3.63, 3.8) is 0 Å². The zero-order chi connectivity index (χ0) is 17.7. The molecule has 1 saturated heterocycles. The third-order valence-corrected chi connectivity index (χ3v) is 5.68. The summed E-state index contributed by atoms with van der Waals surface area (Å²) < 4.78 is 0. The minimum Gasteiger partial charge on any atom is -0.392 e. The topological polar surface area (TPSA) is 55.8 Å². The number of β-amino-alcohol motifs (C(OH)–C–C–N with tert-alkyl or cyclic N) is 1. The van der Waals surface area contributed by atoms with Crippen LogP contribution in [-0.2, 0) is 10.2 Å². The molecule has 1 aromatic carbocycles. The van der Waals surface area contributed by atoms with Gasteiger partial charge in [-0.25, -0.2) is 0 Å². The third-order valence-electron chi connectivity index (χ3n) is 5.68. The van der Waals surface area contributed by atoms with Crippen LogP contribution >= 0.6 is 0 Å². The van der Waals surface area contributed by atoms with E-state index in [-0.39, 0.29) is 17.4 Å². The molecule has 0 unspecified atom stereocenters. The van der Waals surface area contributed by atoms with Gasteiger partial charge in [0.1, 0.15) is 0 Å². The van der Waals surface area contributed by atoms with Crippen LogP contribution in [0.15, 0.2) is 30.3 Å². The van der Waals surface area contributed by atoms with Gasteiger partial charge in [0.15, 0.2) is 0 Å². The molecule has 2 fully saturated rings. The number of benzene rings is 1. The second kappa shape index (κ2) is 8.30. The summed E-state index contributed by atoms with van der Waals surface area (Å²) >= 11 is 0. The number of nitrogens with zero attached hydrogens (tertiary/aromatic N) is 2. The number of carbonyl (C=O) groups is 1. The first-order chi connectivity index (χ1) is 12.1. The number of carbonyl (C=O) groups excluding carboxylic acids is 1. The Morgan fingerprint density at radius 1 is 1.16 bits per heavy atom. The lowest BCUT2D eigenvalue weighted by Crippen LogP contribution is -2.52. The first kappa shape index (κ1) is 18.4. The molecule has 0 aromatic heterocycles. The van der Waals surface area contributed by atoms with Crippen molar-refractivity contribution in [2.75, 3.05) is 45.8 Å². The molecule has 1 atom stereocenters. The van der Waals surface area contributed by atoms with E-state index in [1.165, 1.54) is 12.0 Å². The van der Waals surface area contributed by atoms with Gasteiger partial charge in [-0.3, -0.25) is 14.6 Å². The van der Waals surface area contributed by atoms with Crippen LogP contribution in [-0.4, -0.2) is 72.7 Å². The zero-order valence-corrected chi connectivity index (χ0v) is 15.3. The molecule has 138 valence electrons. The van der Waals surface area contributed by atoms with Gasteiger partial charge in [-0.1, -0.05) is 36.8 Å². The molecule has 1 aliphatic heterocycles. The van der Waals surface area contributed by atoms with E-state index in [0.717, 1.165) is 52.1 Å². The Labute approximate surface area is 151 Å². The van der Waals surface area contributed by atoms with Crippen LogP contribution < -0.4 is 5.32 Å². The average molecular weight is 345 g/mol. The quantitative estimate of drug-likeness (QED) is 0.780. The fraction of sp³-hybridized carbons (Fsp3) is 0.650. The lowest BCUT2D eigenvalue weighted by atomic mass is 9.64. The van der Waals surface area contributed by atoms with Crippen molar-refractivity contribution in [1.82, 2.24) is 15.1 Å². The summed E-state index contributed by atoms with van der Waals surface area (Å²) in [5, 5.41) is 12.6. The summed E-state index contributed by atoms with van der Waals surface area (Å²) in [6.45, 7) is 7.40. The van der Waals surface area contributed by atoms with Crippen molar-refractivity contribution in [1.29, 1.82) is 0 Å². The predicted molar refractivity (Wildman–Crippen MR) is 99.5 cm³/mol. The van der Waals surface area contributed by atoms with Gasteiger partial charge in [-0.2, -0.15) is 0 Å². The van der Waals surface area contributed by atoms with Crippen molar-refractivity contribution in [3.05, 3.63) is 35.9 Å². The van der Waals surface area contributed by atoms with Crippen molar-refractivity contribution in [2.45, 2.75) is 37.7 Å². The fourth-order valence-corrected chi connectivity index (χ4v) is 3.99. The summed E-state index contributed by atoms with van der Waals surface area (Å²) in [5.74, 6) is 0.131. The summed E-state index contributed by atoms with van der Waals surface area (Å²) in [6.07, 6.45) is 3.28. The van der Waals surface area contributed by atoms with Gasteiger partial charge in [0.25, 0.3) is 0 Å². The van der Waals surface area contributed by atoms with E-state index in [2.05, 4.69) is 39.4 Å². The SMILES string of the molecule is C[C@H](O)CN1CCN(CC(=O)NCC2(c3ccccc3)CCC2)CC1. The highest BCUT2D eigenvalue weighted by atomic mass is 16.3. The molecule has 0 spiro atoms. The Balaban J connectivity index is 1.43. The maximum Gasteiger partial charge on any atom is 0.234 e. The number of amides is 1. The molecule has 0 radical (unpaired) electrons.